The Labute approximate surface area is 231 Å². The zero-order valence-electron chi connectivity index (χ0n) is 21.2. The summed E-state index contributed by atoms with van der Waals surface area (Å²) in [6.07, 6.45) is -1.44. The number of nitro groups is 1. The van der Waals surface area contributed by atoms with Crippen molar-refractivity contribution >= 4 is 39.1 Å². The van der Waals surface area contributed by atoms with E-state index in [-0.39, 0.29) is 55.4 Å². The summed E-state index contributed by atoms with van der Waals surface area (Å²) in [6.45, 7) is 0.425. The van der Waals surface area contributed by atoms with Crippen LogP contribution in [0.3, 0.4) is 0 Å². The lowest BCUT2D eigenvalue weighted by atomic mass is 9.85. The van der Waals surface area contributed by atoms with Crippen molar-refractivity contribution in [2.24, 2.45) is 0 Å². The van der Waals surface area contributed by atoms with Gasteiger partial charge in [-0.25, -0.2) is 13.2 Å². The van der Waals surface area contributed by atoms with Crippen LogP contribution in [-0.4, -0.2) is 95.5 Å². The fraction of sp³-hybridized carbons (Fsp3) is 0.480. The van der Waals surface area contributed by atoms with E-state index in [0.717, 1.165) is 4.90 Å². The summed E-state index contributed by atoms with van der Waals surface area (Å²) in [5.74, 6) is -1.27. The van der Waals surface area contributed by atoms with Crippen molar-refractivity contribution < 1.29 is 27.7 Å². The molecule has 2 atom stereocenters. The number of nitrogens with one attached hydrogen (secondary N) is 1. The number of piperidine rings is 1. The van der Waals surface area contributed by atoms with Crippen molar-refractivity contribution in [1.82, 2.24) is 19.7 Å². The summed E-state index contributed by atoms with van der Waals surface area (Å²) >= 11 is 3.26. The first kappa shape index (κ1) is 28.7. The number of aromatic nitrogens is 1. The molecule has 39 heavy (non-hydrogen) atoms. The molecular formula is C25H28BrF3N6O4. The molecule has 2 amide bonds. The molecule has 1 aromatic carbocycles. The van der Waals surface area contributed by atoms with Crippen LogP contribution >= 0.6 is 15.9 Å². The molecular weight excluding hydrogens is 585 g/mol. The third kappa shape index (κ3) is 6.32. The Balaban J connectivity index is 1.62. The minimum absolute atomic E-state index is 0.00416. The summed E-state index contributed by atoms with van der Waals surface area (Å²) in [6, 6.07) is 4.52. The van der Waals surface area contributed by atoms with E-state index in [1.807, 2.05) is 0 Å². The van der Waals surface area contributed by atoms with Gasteiger partial charge in [-0.1, -0.05) is 15.9 Å². The molecule has 0 saturated carbocycles. The van der Waals surface area contributed by atoms with Gasteiger partial charge in [-0.15, -0.1) is 0 Å². The van der Waals surface area contributed by atoms with Crippen LogP contribution < -0.4 is 5.32 Å². The van der Waals surface area contributed by atoms with Gasteiger partial charge in [0.1, 0.15) is 0 Å². The van der Waals surface area contributed by atoms with Gasteiger partial charge in [-0.05, 0) is 25.0 Å². The van der Waals surface area contributed by atoms with Crippen molar-refractivity contribution in [3.63, 3.8) is 0 Å². The first-order valence-electron chi connectivity index (χ1n) is 12.5. The van der Waals surface area contributed by atoms with E-state index in [1.165, 1.54) is 23.2 Å². The van der Waals surface area contributed by atoms with Gasteiger partial charge in [0.05, 0.1) is 21.7 Å². The third-order valence-electron chi connectivity index (χ3n) is 7.10. The van der Waals surface area contributed by atoms with Gasteiger partial charge in [0.25, 0.3) is 23.9 Å². The number of carbonyl (C=O) groups is 2. The van der Waals surface area contributed by atoms with Gasteiger partial charge in [0, 0.05) is 80.7 Å². The number of rotatable bonds is 7. The molecule has 2 aromatic rings. The minimum Gasteiger partial charge on any atom is -0.387 e. The second-order valence-corrected chi connectivity index (χ2v) is 10.4. The van der Waals surface area contributed by atoms with E-state index >= 15 is 0 Å². The van der Waals surface area contributed by atoms with Crippen molar-refractivity contribution in [3.8, 4) is 0 Å². The fourth-order valence-corrected chi connectivity index (χ4v) is 5.58. The largest absolute Gasteiger partial charge is 0.387 e. The Morgan fingerprint density at radius 1 is 1.08 bits per heavy atom. The van der Waals surface area contributed by atoms with Crippen LogP contribution in [-0.2, 0) is 0 Å². The number of pyridine rings is 1. The smallest absolute Gasteiger partial charge is 0.282 e. The Bertz CT molecular complexity index is 1240. The minimum atomic E-state index is -3.15. The molecule has 3 heterocycles. The van der Waals surface area contributed by atoms with Crippen LogP contribution in [0.4, 0.5) is 24.5 Å². The molecule has 0 bridgehead atoms. The molecule has 0 radical (unpaired) electrons. The monoisotopic (exact) mass is 612 g/mol. The number of benzene rings is 1. The quantitative estimate of drug-likeness (QED) is 0.284. The van der Waals surface area contributed by atoms with Gasteiger partial charge in [0.2, 0.25) is 6.30 Å². The fourth-order valence-electron chi connectivity index (χ4n) is 5.14. The maximum absolute atomic E-state index is 13.8. The van der Waals surface area contributed by atoms with Crippen LogP contribution in [0.1, 0.15) is 45.0 Å². The molecule has 210 valence electrons. The molecule has 4 rings (SSSR count). The predicted molar refractivity (Wildman–Crippen MR) is 141 cm³/mol. The number of carbonyl (C=O) groups excluding carboxylic acids is 2. The van der Waals surface area contributed by atoms with Crippen LogP contribution in [0.15, 0.2) is 35.1 Å². The first-order valence-corrected chi connectivity index (χ1v) is 13.3. The molecule has 2 fully saturated rings. The van der Waals surface area contributed by atoms with E-state index in [4.69, 9.17) is 0 Å². The average molecular weight is 613 g/mol. The number of likely N-dealkylation sites (tertiary alicyclic amines) is 1. The molecule has 14 heteroatoms. The summed E-state index contributed by atoms with van der Waals surface area (Å²) in [5.41, 5.74) is 1.13. The van der Waals surface area contributed by atoms with Gasteiger partial charge >= 0.3 is 0 Å². The lowest BCUT2D eigenvalue weighted by Gasteiger charge is -2.37. The molecule has 1 N–H and O–H groups in total. The van der Waals surface area contributed by atoms with Crippen molar-refractivity contribution in [1.29, 1.82) is 0 Å². The normalized spacial score (nSPS) is 19.2. The summed E-state index contributed by atoms with van der Waals surface area (Å²) in [7, 11) is 1.71. The molecule has 2 saturated heterocycles. The van der Waals surface area contributed by atoms with Crippen molar-refractivity contribution in [3.05, 3.63) is 61.9 Å². The Morgan fingerprint density at radius 2 is 1.79 bits per heavy atom. The average Bonchev–Trinajstić information content (AvgIpc) is 2.95. The number of piperazine rings is 1. The van der Waals surface area contributed by atoms with Crippen LogP contribution in [0.5, 0.6) is 0 Å². The number of nitro benzene ring substituents is 1. The first-order chi connectivity index (χ1) is 18.6. The molecule has 1 aromatic heterocycles. The molecule has 10 nitrogen and oxygen atoms in total. The van der Waals surface area contributed by atoms with E-state index in [1.54, 1.807) is 24.2 Å². The van der Waals surface area contributed by atoms with Crippen molar-refractivity contribution in [2.45, 2.75) is 31.5 Å². The zero-order chi connectivity index (χ0) is 28.3. The third-order valence-corrected chi connectivity index (χ3v) is 7.56. The Morgan fingerprint density at radius 3 is 2.44 bits per heavy atom. The van der Waals surface area contributed by atoms with Gasteiger partial charge in [0.15, 0.2) is 0 Å². The zero-order valence-corrected chi connectivity index (χ0v) is 22.7. The van der Waals surface area contributed by atoms with Gasteiger partial charge in [-0.2, -0.15) is 0 Å². The molecule has 2 unspecified atom stereocenters. The Hall–Kier alpha value is -3.26. The standard InChI is InChI=1S/C25H28BrF3N6O4/c1-30-18-9-16(12-31-13-18)24(36)34-4-2-3-15(14-34)21-19(10-17(26)11-20(21)35(38)39)25(37)33-7-5-32(6-8-33)23(29)22(27)28/h9-13,15,22-23,30H,2-8,14H2,1H3. The van der Waals surface area contributed by atoms with E-state index in [0.29, 0.717) is 35.1 Å². The molecule has 0 spiro atoms. The lowest BCUT2D eigenvalue weighted by molar-refractivity contribution is -0.385. The SMILES string of the molecule is CNc1cncc(C(=O)N2CCCC(c3c(C(=O)N4CCN(C(F)C(F)F)CC4)cc(Br)cc3[N+](=O)[O-])C2)c1. The van der Waals surface area contributed by atoms with Crippen LogP contribution in [0.25, 0.3) is 0 Å². The van der Waals surface area contributed by atoms with Crippen LogP contribution in [0, 0.1) is 10.1 Å². The second kappa shape index (κ2) is 12.3. The summed E-state index contributed by atoms with van der Waals surface area (Å²) < 4.78 is 39.7. The molecule has 0 aliphatic carbocycles. The molecule has 2 aliphatic heterocycles. The predicted octanol–water partition coefficient (Wildman–Crippen LogP) is 4.13. The topological polar surface area (TPSA) is 112 Å². The Kier molecular flexibility index (Phi) is 9.05. The number of amides is 2. The number of alkyl halides is 3. The van der Waals surface area contributed by atoms with E-state index < -0.39 is 29.5 Å². The second-order valence-electron chi connectivity index (χ2n) is 9.48. The number of hydrogen-bond donors (Lipinski definition) is 1. The molecule has 2 aliphatic rings. The van der Waals surface area contributed by atoms with Gasteiger partial charge < -0.3 is 15.1 Å². The van der Waals surface area contributed by atoms with Crippen LogP contribution in [0.2, 0.25) is 0 Å². The van der Waals surface area contributed by atoms with Gasteiger partial charge in [-0.3, -0.25) is 29.6 Å². The highest BCUT2D eigenvalue weighted by Gasteiger charge is 2.37. The number of hydrogen-bond acceptors (Lipinski definition) is 7. The highest BCUT2D eigenvalue weighted by atomic mass is 79.9. The summed E-state index contributed by atoms with van der Waals surface area (Å²) in [5, 5.41) is 15.0. The highest BCUT2D eigenvalue weighted by Crippen LogP contribution is 2.39. The van der Waals surface area contributed by atoms with Crippen molar-refractivity contribution in [2.75, 3.05) is 51.6 Å². The van der Waals surface area contributed by atoms with E-state index in [9.17, 15) is 32.9 Å². The maximum Gasteiger partial charge on any atom is 0.282 e. The number of anilines is 1. The number of halogens is 4. The number of nitrogens with zero attached hydrogens (tertiary/aromatic N) is 5. The maximum atomic E-state index is 13.8. The lowest BCUT2D eigenvalue weighted by Crippen LogP contribution is -2.52. The highest BCUT2D eigenvalue weighted by molar-refractivity contribution is 9.10. The summed E-state index contributed by atoms with van der Waals surface area (Å²) in [4.78, 5) is 46.5. The van der Waals surface area contributed by atoms with E-state index in [2.05, 4.69) is 26.2 Å².